The highest BCUT2D eigenvalue weighted by Crippen LogP contribution is 2.04. The Bertz CT molecular complexity index is 510. The van der Waals surface area contributed by atoms with E-state index >= 15 is 0 Å². The predicted molar refractivity (Wildman–Crippen MR) is 102 cm³/mol. The molecule has 0 heterocycles. The number of hydrogen-bond donors (Lipinski definition) is 1. The summed E-state index contributed by atoms with van der Waals surface area (Å²) in [6.45, 7) is 16.5. The summed E-state index contributed by atoms with van der Waals surface area (Å²) in [4.78, 5) is 17.1. The molecule has 0 aliphatic carbocycles. The van der Waals surface area contributed by atoms with Gasteiger partial charge in [0.2, 0.25) is 0 Å². The first-order valence-electron chi connectivity index (χ1n) is 8.30. The van der Waals surface area contributed by atoms with Crippen LogP contribution < -0.4 is 5.32 Å². The Morgan fingerprint density at radius 1 is 1.40 bits per heavy atom. The van der Waals surface area contributed by atoms with E-state index in [0.29, 0.717) is 5.70 Å². The maximum absolute atomic E-state index is 11.0. The quantitative estimate of drug-likeness (QED) is 0.225. The molecule has 8 heteroatoms. The lowest BCUT2D eigenvalue weighted by Gasteiger charge is -2.20. The second kappa shape index (κ2) is 13.9. The fourth-order valence-electron chi connectivity index (χ4n) is 2.13. The average Bonchev–Trinajstić information content (AvgIpc) is 2.57. The molecule has 25 heavy (non-hydrogen) atoms. The normalized spacial score (nSPS) is 13.4. The number of rotatable bonds is 14. The standard InChI is InChI=1S/C17H29N5O3/c1-6-21(7-2)14-8-9-15(3)20-16(4)10-11-17(22(23)24)12-13-19-25-18-5/h10-13,15,20H,4-9,14H2,1-3H3/b11-10-,17-12+,19-13-. The van der Waals surface area contributed by atoms with Crippen LogP contribution in [0.15, 0.2) is 46.5 Å². The fraction of sp³-hybridized carbons (Fsp3) is 0.529. The van der Waals surface area contributed by atoms with Crippen LogP contribution in [0.1, 0.15) is 33.6 Å². The molecule has 0 aliphatic heterocycles. The molecule has 1 N–H and O–H groups in total. The van der Waals surface area contributed by atoms with Crippen LogP contribution in [0.4, 0.5) is 0 Å². The van der Waals surface area contributed by atoms with Crippen molar-refractivity contribution < 1.29 is 9.86 Å². The summed E-state index contributed by atoms with van der Waals surface area (Å²) >= 11 is 0. The molecule has 0 spiro atoms. The molecule has 0 fully saturated rings. The number of oxime groups is 2. The van der Waals surface area contributed by atoms with E-state index in [0.717, 1.165) is 38.7 Å². The highest BCUT2D eigenvalue weighted by atomic mass is 16.8. The number of nitrogens with zero attached hydrogens (tertiary/aromatic N) is 4. The van der Waals surface area contributed by atoms with Crippen LogP contribution in [-0.2, 0) is 4.94 Å². The van der Waals surface area contributed by atoms with Crippen LogP contribution >= 0.6 is 0 Å². The summed E-state index contributed by atoms with van der Waals surface area (Å²) in [6, 6.07) is 0.240. The monoisotopic (exact) mass is 351 g/mol. The summed E-state index contributed by atoms with van der Waals surface area (Å²) in [5, 5.41) is 20.6. The lowest BCUT2D eigenvalue weighted by Crippen LogP contribution is -2.28. The molecular formula is C17H29N5O3. The van der Waals surface area contributed by atoms with Crippen LogP contribution in [0.25, 0.3) is 0 Å². The van der Waals surface area contributed by atoms with E-state index in [2.05, 4.69) is 59.5 Å². The van der Waals surface area contributed by atoms with Crippen molar-refractivity contribution in [3.8, 4) is 0 Å². The molecule has 8 nitrogen and oxygen atoms in total. The SMILES string of the molecule is C=NO\N=C/C=C(\C=C/C(=C)NC(C)CCCN(CC)CC)[N+](=O)[O-]. The maximum atomic E-state index is 11.0. The first kappa shape index (κ1) is 22.5. The lowest BCUT2D eigenvalue weighted by molar-refractivity contribution is -0.418. The van der Waals surface area contributed by atoms with Crippen molar-refractivity contribution in [1.82, 2.24) is 10.2 Å². The van der Waals surface area contributed by atoms with Gasteiger partial charge in [-0.1, -0.05) is 30.7 Å². The van der Waals surface area contributed by atoms with E-state index < -0.39 is 4.92 Å². The third kappa shape index (κ3) is 11.7. The summed E-state index contributed by atoms with van der Waals surface area (Å²) < 4.78 is 0. The van der Waals surface area contributed by atoms with Crippen molar-refractivity contribution >= 4 is 12.9 Å². The molecule has 140 valence electrons. The molecule has 0 bridgehead atoms. The van der Waals surface area contributed by atoms with Gasteiger partial charge in [-0.15, -0.1) is 0 Å². The van der Waals surface area contributed by atoms with E-state index in [1.807, 2.05) is 0 Å². The van der Waals surface area contributed by atoms with Gasteiger partial charge >= 0.3 is 0 Å². The van der Waals surface area contributed by atoms with E-state index in [1.165, 1.54) is 12.2 Å². The summed E-state index contributed by atoms with van der Waals surface area (Å²) in [7, 11) is 0. The van der Waals surface area contributed by atoms with Crippen molar-refractivity contribution in [1.29, 1.82) is 0 Å². The van der Waals surface area contributed by atoms with E-state index in [-0.39, 0.29) is 11.7 Å². The van der Waals surface area contributed by atoms with Gasteiger partial charge in [-0.25, -0.2) is 4.94 Å². The summed E-state index contributed by atoms with van der Waals surface area (Å²) in [6.07, 6.45) is 7.33. The summed E-state index contributed by atoms with van der Waals surface area (Å²) in [5.74, 6) is 0. The Morgan fingerprint density at radius 2 is 2.08 bits per heavy atom. The predicted octanol–water partition coefficient (Wildman–Crippen LogP) is 2.94. The van der Waals surface area contributed by atoms with Crippen LogP contribution in [0.2, 0.25) is 0 Å². The Balaban J connectivity index is 4.41. The topological polar surface area (TPSA) is 92.4 Å². The zero-order valence-electron chi connectivity index (χ0n) is 15.4. The van der Waals surface area contributed by atoms with Crippen molar-refractivity contribution in [3.05, 3.63) is 46.3 Å². The molecule has 0 saturated carbocycles. The highest BCUT2D eigenvalue weighted by molar-refractivity contribution is 5.71. The minimum absolute atomic E-state index is 0.145. The van der Waals surface area contributed by atoms with Crippen LogP contribution in [-0.4, -0.2) is 48.4 Å². The lowest BCUT2D eigenvalue weighted by atomic mass is 10.1. The fourth-order valence-corrected chi connectivity index (χ4v) is 2.13. The highest BCUT2D eigenvalue weighted by Gasteiger charge is 2.06. The Morgan fingerprint density at radius 3 is 2.64 bits per heavy atom. The van der Waals surface area contributed by atoms with Crippen molar-refractivity contribution in [2.45, 2.75) is 39.7 Å². The van der Waals surface area contributed by atoms with Gasteiger partial charge in [0.05, 0.1) is 11.1 Å². The van der Waals surface area contributed by atoms with Crippen LogP contribution in [0.5, 0.6) is 0 Å². The zero-order chi connectivity index (χ0) is 19.1. The van der Waals surface area contributed by atoms with Gasteiger partial charge in [-0.3, -0.25) is 10.1 Å². The third-order valence-corrected chi connectivity index (χ3v) is 3.51. The Kier molecular flexibility index (Phi) is 12.5. The largest absolute Gasteiger partial charge is 0.383 e. The van der Waals surface area contributed by atoms with E-state index in [4.69, 9.17) is 0 Å². The van der Waals surface area contributed by atoms with E-state index in [9.17, 15) is 10.1 Å². The van der Waals surface area contributed by atoms with Gasteiger partial charge in [-0.2, -0.15) is 0 Å². The Hall–Kier alpha value is -2.48. The van der Waals surface area contributed by atoms with Crippen LogP contribution in [0, 0.1) is 10.1 Å². The number of hydrogen-bond acceptors (Lipinski definition) is 7. The number of nitrogens with one attached hydrogen (secondary N) is 1. The van der Waals surface area contributed by atoms with Gasteiger partial charge in [-0.05, 0) is 45.5 Å². The smallest absolute Gasteiger partial charge is 0.271 e. The molecule has 0 aliphatic rings. The number of allylic oxidation sites excluding steroid dienone is 3. The molecule has 1 unspecified atom stereocenters. The van der Waals surface area contributed by atoms with Crippen LogP contribution in [0.3, 0.4) is 0 Å². The van der Waals surface area contributed by atoms with Gasteiger partial charge in [0.1, 0.15) is 0 Å². The van der Waals surface area contributed by atoms with Crippen molar-refractivity contribution in [2.24, 2.45) is 10.3 Å². The molecule has 0 amide bonds. The third-order valence-electron chi connectivity index (χ3n) is 3.51. The van der Waals surface area contributed by atoms with Crippen molar-refractivity contribution in [3.63, 3.8) is 0 Å². The maximum Gasteiger partial charge on any atom is 0.271 e. The minimum atomic E-state index is -0.523. The second-order valence-corrected chi connectivity index (χ2v) is 5.39. The minimum Gasteiger partial charge on any atom is -0.383 e. The average molecular weight is 351 g/mol. The molecule has 0 rings (SSSR count). The first-order chi connectivity index (χ1) is 11.9. The van der Waals surface area contributed by atoms with Gasteiger partial charge < -0.3 is 10.2 Å². The first-order valence-corrected chi connectivity index (χ1v) is 8.30. The van der Waals surface area contributed by atoms with E-state index in [1.54, 1.807) is 6.08 Å². The zero-order valence-corrected chi connectivity index (χ0v) is 15.4. The summed E-state index contributed by atoms with van der Waals surface area (Å²) in [5.41, 5.74) is 0.470. The Labute approximate surface area is 149 Å². The number of nitro groups is 1. The molecule has 0 saturated heterocycles. The second-order valence-electron chi connectivity index (χ2n) is 5.39. The molecule has 0 radical (unpaired) electrons. The van der Waals surface area contributed by atoms with Crippen molar-refractivity contribution in [2.75, 3.05) is 19.6 Å². The van der Waals surface area contributed by atoms with Gasteiger partial charge in [0.25, 0.3) is 5.70 Å². The molecule has 0 aromatic heterocycles. The molecule has 0 aromatic carbocycles. The molecule has 1 atom stereocenters. The van der Waals surface area contributed by atoms with Gasteiger partial charge in [0, 0.05) is 30.6 Å². The van der Waals surface area contributed by atoms with Gasteiger partial charge in [0.15, 0.2) is 0 Å². The molecular weight excluding hydrogens is 322 g/mol. The molecule has 0 aromatic rings.